The topological polar surface area (TPSA) is 55.1 Å². The largest absolute Gasteiger partial charge is 0.481 e. The number of aromatic nitrogens is 2. The highest BCUT2D eigenvalue weighted by molar-refractivity contribution is 5.70. The summed E-state index contributed by atoms with van der Waals surface area (Å²) in [4.78, 5) is 15.1. The lowest BCUT2D eigenvalue weighted by Gasteiger charge is -2.09. The molecule has 2 aromatic rings. The van der Waals surface area contributed by atoms with E-state index in [1.807, 2.05) is 24.7 Å². The molecule has 3 rings (SSSR count). The van der Waals surface area contributed by atoms with E-state index in [0.717, 1.165) is 16.8 Å². The van der Waals surface area contributed by atoms with Crippen LogP contribution in [0.5, 0.6) is 0 Å². The van der Waals surface area contributed by atoms with Crippen molar-refractivity contribution < 1.29 is 9.90 Å². The molecule has 104 valence electrons. The smallest absolute Gasteiger partial charge is 0.306 e. The van der Waals surface area contributed by atoms with E-state index in [0.29, 0.717) is 12.5 Å². The Balaban J connectivity index is 1.78. The normalized spacial score (nSPS) is 16.1. The monoisotopic (exact) mass is 270 g/mol. The maximum absolute atomic E-state index is 10.9. The molecule has 4 nitrogen and oxygen atoms in total. The van der Waals surface area contributed by atoms with Crippen LogP contribution in [-0.2, 0) is 11.2 Å². The van der Waals surface area contributed by atoms with Crippen molar-refractivity contribution in [1.82, 2.24) is 9.55 Å². The molecule has 0 spiro atoms. The van der Waals surface area contributed by atoms with E-state index < -0.39 is 5.97 Å². The molecule has 0 bridgehead atoms. The number of nitrogens with zero attached hydrogens (tertiary/aromatic N) is 2. The minimum absolute atomic E-state index is 0.349. The Morgan fingerprint density at radius 1 is 1.40 bits per heavy atom. The average molecular weight is 270 g/mol. The molecule has 1 aliphatic carbocycles. The molecule has 1 fully saturated rings. The number of carboxylic acids is 1. The van der Waals surface area contributed by atoms with Gasteiger partial charge in [-0.15, -0.1) is 0 Å². The Kier molecular flexibility index (Phi) is 3.30. The van der Waals surface area contributed by atoms with Gasteiger partial charge < -0.3 is 9.67 Å². The Morgan fingerprint density at radius 2 is 2.10 bits per heavy atom. The van der Waals surface area contributed by atoms with E-state index in [4.69, 9.17) is 5.11 Å². The van der Waals surface area contributed by atoms with Crippen LogP contribution < -0.4 is 0 Å². The van der Waals surface area contributed by atoms with E-state index in [2.05, 4.69) is 21.7 Å². The molecule has 1 atom stereocenters. The van der Waals surface area contributed by atoms with Gasteiger partial charge in [-0.2, -0.15) is 0 Å². The van der Waals surface area contributed by atoms with E-state index in [1.165, 1.54) is 12.8 Å². The van der Waals surface area contributed by atoms with E-state index in [9.17, 15) is 4.79 Å². The molecule has 0 aliphatic heterocycles. The van der Waals surface area contributed by atoms with E-state index in [-0.39, 0.29) is 5.92 Å². The molecule has 1 aromatic heterocycles. The zero-order valence-electron chi connectivity index (χ0n) is 11.5. The quantitative estimate of drug-likeness (QED) is 0.908. The zero-order valence-corrected chi connectivity index (χ0v) is 11.5. The lowest BCUT2D eigenvalue weighted by molar-refractivity contribution is -0.141. The standard InChI is InChI=1S/C16H18N2O2/c1-11(16(19)20)8-12-2-4-13(5-3-12)15-9-17-10-18(15)14-6-7-14/h2-5,9-11,14H,6-8H2,1H3,(H,19,20). The fourth-order valence-corrected chi connectivity index (χ4v) is 2.42. The molecule has 1 N–H and O–H groups in total. The fraction of sp³-hybridized carbons (Fsp3) is 0.375. The van der Waals surface area contributed by atoms with Gasteiger partial charge in [-0.3, -0.25) is 4.79 Å². The summed E-state index contributed by atoms with van der Waals surface area (Å²) in [6, 6.07) is 8.75. The van der Waals surface area contributed by atoms with Gasteiger partial charge in [0.1, 0.15) is 0 Å². The maximum Gasteiger partial charge on any atom is 0.306 e. The Morgan fingerprint density at radius 3 is 2.70 bits per heavy atom. The number of benzene rings is 1. The molecule has 4 heteroatoms. The summed E-state index contributed by atoms with van der Waals surface area (Å²) < 4.78 is 2.23. The van der Waals surface area contributed by atoms with E-state index >= 15 is 0 Å². The highest BCUT2D eigenvalue weighted by Crippen LogP contribution is 2.38. The highest BCUT2D eigenvalue weighted by atomic mass is 16.4. The van der Waals surface area contributed by atoms with Gasteiger partial charge in [0, 0.05) is 6.04 Å². The van der Waals surface area contributed by atoms with E-state index in [1.54, 1.807) is 6.92 Å². The molecular formula is C16H18N2O2. The first-order valence-electron chi connectivity index (χ1n) is 6.99. The third kappa shape index (κ3) is 2.59. The minimum atomic E-state index is -0.749. The lowest BCUT2D eigenvalue weighted by Crippen LogP contribution is -2.12. The Labute approximate surface area is 118 Å². The molecule has 0 amide bonds. The van der Waals surface area contributed by atoms with Gasteiger partial charge in [0.15, 0.2) is 0 Å². The van der Waals surface area contributed by atoms with Crippen molar-refractivity contribution in [1.29, 1.82) is 0 Å². The third-order valence-electron chi connectivity index (χ3n) is 3.82. The molecule has 1 aliphatic rings. The van der Waals surface area contributed by atoms with Crippen molar-refractivity contribution in [3.05, 3.63) is 42.4 Å². The number of carbonyl (C=O) groups is 1. The number of hydrogen-bond donors (Lipinski definition) is 1. The Hall–Kier alpha value is -2.10. The zero-order chi connectivity index (χ0) is 14.1. The van der Waals surface area contributed by atoms with Crippen LogP contribution >= 0.6 is 0 Å². The van der Waals surface area contributed by atoms with Gasteiger partial charge in [0.25, 0.3) is 0 Å². The summed E-state index contributed by atoms with van der Waals surface area (Å²) in [6.07, 6.45) is 6.83. The first-order valence-corrected chi connectivity index (χ1v) is 6.99. The minimum Gasteiger partial charge on any atom is -0.481 e. The third-order valence-corrected chi connectivity index (χ3v) is 3.82. The van der Waals surface area contributed by atoms with Crippen LogP contribution in [0, 0.1) is 5.92 Å². The molecule has 1 aromatic carbocycles. The van der Waals surface area contributed by atoms with Crippen LogP contribution in [-0.4, -0.2) is 20.6 Å². The SMILES string of the molecule is CC(Cc1ccc(-c2cncn2C2CC2)cc1)C(=O)O. The van der Waals surface area contributed by atoms with Crippen molar-refractivity contribution >= 4 is 5.97 Å². The van der Waals surface area contributed by atoms with Gasteiger partial charge in [0.2, 0.25) is 0 Å². The van der Waals surface area contributed by atoms with Crippen LogP contribution in [0.2, 0.25) is 0 Å². The molecule has 0 radical (unpaired) electrons. The number of hydrogen-bond acceptors (Lipinski definition) is 2. The van der Waals surface area contributed by atoms with Crippen LogP contribution in [0.4, 0.5) is 0 Å². The molecule has 20 heavy (non-hydrogen) atoms. The van der Waals surface area contributed by atoms with Gasteiger partial charge in [-0.25, -0.2) is 4.98 Å². The lowest BCUT2D eigenvalue weighted by atomic mass is 10.00. The van der Waals surface area contributed by atoms with Crippen molar-refractivity contribution in [3.63, 3.8) is 0 Å². The summed E-state index contributed by atoms with van der Waals surface area (Å²) in [5.41, 5.74) is 3.34. The summed E-state index contributed by atoms with van der Waals surface area (Å²) in [5.74, 6) is -1.10. The summed E-state index contributed by atoms with van der Waals surface area (Å²) in [7, 11) is 0. The molecular weight excluding hydrogens is 252 g/mol. The number of aliphatic carboxylic acids is 1. The molecule has 1 saturated carbocycles. The van der Waals surface area contributed by atoms with Crippen molar-refractivity contribution in [2.75, 3.05) is 0 Å². The summed E-state index contributed by atoms with van der Waals surface area (Å²) >= 11 is 0. The Bertz CT molecular complexity index is 612. The summed E-state index contributed by atoms with van der Waals surface area (Å²) in [5, 5.41) is 8.94. The van der Waals surface area contributed by atoms with Gasteiger partial charge >= 0.3 is 5.97 Å². The van der Waals surface area contributed by atoms with Crippen LogP contribution in [0.15, 0.2) is 36.8 Å². The number of rotatable bonds is 5. The summed E-state index contributed by atoms with van der Waals surface area (Å²) in [6.45, 7) is 1.73. The van der Waals surface area contributed by atoms with Crippen LogP contribution in [0.1, 0.15) is 31.4 Å². The second-order valence-corrected chi connectivity index (χ2v) is 5.56. The van der Waals surface area contributed by atoms with Crippen molar-refractivity contribution in [3.8, 4) is 11.3 Å². The number of carboxylic acid groups (broad SMARTS) is 1. The maximum atomic E-state index is 10.9. The molecule has 1 unspecified atom stereocenters. The van der Waals surface area contributed by atoms with Crippen molar-refractivity contribution in [2.45, 2.75) is 32.2 Å². The van der Waals surface area contributed by atoms with Crippen LogP contribution in [0.25, 0.3) is 11.3 Å². The van der Waals surface area contributed by atoms with Crippen LogP contribution in [0.3, 0.4) is 0 Å². The highest BCUT2D eigenvalue weighted by Gasteiger charge is 2.25. The first-order chi connectivity index (χ1) is 9.65. The fourth-order valence-electron chi connectivity index (χ4n) is 2.42. The average Bonchev–Trinajstić information content (AvgIpc) is 3.17. The second-order valence-electron chi connectivity index (χ2n) is 5.56. The predicted octanol–water partition coefficient (Wildman–Crippen LogP) is 3.15. The molecule has 0 saturated heterocycles. The van der Waals surface area contributed by atoms with Gasteiger partial charge in [0.05, 0.1) is 24.1 Å². The number of imidazole rings is 1. The predicted molar refractivity (Wildman–Crippen MR) is 76.4 cm³/mol. The van der Waals surface area contributed by atoms with Gasteiger partial charge in [-0.1, -0.05) is 31.2 Å². The molecule has 1 heterocycles. The van der Waals surface area contributed by atoms with Gasteiger partial charge in [-0.05, 0) is 30.4 Å². The van der Waals surface area contributed by atoms with Crippen molar-refractivity contribution in [2.24, 2.45) is 5.92 Å². The second kappa shape index (κ2) is 5.12. The first kappa shape index (κ1) is 12.9.